The van der Waals surface area contributed by atoms with Crippen molar-refractivity contribution < 1.29 is 14.5 Å². The third kappa shape index (κ3) is 6.22. The van der Waals surface area contributed by atoms with Gasteiger partial charge in [0, 0.05) is 17.9 Å². The molecule has 0 bridgehead atoms. The molecule has 0 heterocycles. The average Bonchev–Trinajstić information content (AvgIpc) is 2.67. The average molecular weight is 417 g/mol. The molecule has 0 spiro atoms. The van der Waals surface area contributed by atoms with Gasteiger partial charge in [0.1, 0.15) is 5.75 Å². The molecule has 29 heavy (non-hydrogen) atoms. The van der Waals surface area contributed by atoms with Gasteiger partial charge in [-0.05, 0) is 54.2 Å². The van der Waals surface area contributed by atoms with Gasteiger partial charge in [0.2, 0.25) is 5.91 Å². The van der Waals surface area contributed by atoms with Gasteiger partial charge in [-0.1, -0.05) is 26.0 Å². The van der Waals surface area contributed by atoms with Crippen molar-refractivity contribution in [2.75, 3.05) is 12.9 Å². The number of hydrogen-bond acceptors (Lipinski definition) is 5. The summed E-state index contributed by atoms with van der Waals surface area (Å²) in [6.45, 7) is 8.25. The number of non-ortho nitro benzene ring substituents is 1. The van der Waals surface area contributed by atoms with Crippen LogP contribution in [0.25, 0.3) is 0 Å². The Labute approximate surface area is 176 Å². The van der Waals surface area contributed by atoms with Crippen LogP contribution in [0.2, 0.25) is 0 Å². The molecule has 0 radical (unpaired) electrons. The first kappa shape index (κ1) is 22.7. The standard InChI is InChI=1S/C22H28N2O4S/c1-14(2)19-11-20(15(3)10-21(19)28-5)16(4)23-22(25)13-29-12-17-6-8-18(9-7-17)24(26)27/h6-11,14,16H,12-13H2,1-5H3,(H,23,25). The summed E-state index contributed by atoms with van der Waals surface area (Å²) in [6, 6.07) is 10.4. The molecule has 0 aliphatic rings. The molecule has 0 aliphatic heterocycles. The van der Waals surface area contributed by atoms with E-state index in [-0.39, 0.29) is 17.6 Å². The topological polar surface area (TPSA) is 81.5 Å². The number of rotatable bonds is 9. The normalized spacial score (nSPS) is 11.9. The number of aryl methyl sites for hydroxylation is 1. The first-order valence-corrected chi connectivity index (χ1v) is 10.7. The van der Waals surface area contributed by atoms with E-state index in [0.717, 1.165) is 28.0 Å². The number of nitrogens with one attached hydrogen (secondary N) is 1. The van der Waals surface area contributed by atoms with Crippen molar-refractivity contribution in [2.24, 2.45) is 0 Å². The van der Waals surface area contributed by atoms with Crippen molar-refractivity contribution in [1.82, 2.24) is 5.32 Å². The van der Waals surface area contributed by atoms with E-state index < -0.39 is 4.92 Å². The third-order valence-electron chi connectivity index (χ3n) is 4.73. The van der Waals surface area contributed by atoms with E-state index in [1.165, 1.54) is 23.9 Å². The van der Waals surface area contributed by atoms with Crippen molar-refractivity contribution in [2.45, 2.75) is 45.4 Å². The highest BCUT2D eigenvalue weighted by atomic mass is 32.2. The van der Waals surface area contributed by atoms with E-state index in [2.05, 4.69) is 25.2 Å². The van der Waals surface area contributed by atoms with Crippen molar-refractivity contribution in [3.8, 4) is 5.75 Å². The number of thioether (sulfide) groups is 1. The van der Waals surface area contributed by atoms with Crippen LogP contribution in [0, 0.1) is 17.0 Å². The molecule has 0 saturated carbocycles. The lowest BCUT2D eigenvalue weighted by Gasteiger charge is -2.21. The van der Waals surface area contributed by atoms with Crippen LogP contribution < -0.4 is 10.1 Å². The Morgan fingerprint density at radius 3 is 2.38 bits per heavy atom. The minimum atomic E-state index is -0.419. The molecule has 0 fully saturated rings. The number of nitrogens with zero attached hydrogens (tertiary/aromatic N) is 1. The maximum Gasteiger partial charge on any atom is 0.269 e. The predicted octanol–water partition coefficient (Wildman–Crippen LogP) is 5.15. The molecular weight excluding hydrogens is 388 g/mol. The maximum atomic E-state index is 12.4. The molecule has 1 amide bonds. The summed E-state index contributed by atoms with van der Waals surface area (Å²) in [7, 11) is 1.67. The Bertz CT molecular complexity index is 866. The quantitative estimate of drug-likeness (QED) is 0.452. The Kier molecular flexibility index (Phi) is 8.08. The van der Waals surface area contributed by atoms with Crippen LogP contribution in [-0.2, 0) is 10.5 Å². The Morgan fingerprint density at radius 2 is 1.83 bits per heavy atom. The van der Waals surface area contributed by atoms with E-state index >= 15 is 0 Å². The van der Waals surface area contributed by atoms with Gasteiger partial charge in [0.25, 0.3) is 5.69 Å². The predicted molar refractivity (Wildman–Crippen MR) is 118 cm³/mol. The van der Waals surface area contributed by atoms with Crippen LogP contribution in [0.1, 0.15) is 55.0 Å². The summed E-state index contributed by atoms with van der Waals surface area (Å²) in [5.74, 6) is 2.11. The number of methoxy groups -OCH3 is 1. The third-order valence-corrected chi connectivity index (χ3v) is 5.74. The summed E-state index contributed by atoms with van der Waals surface area (Å²) in [4.78, 5) is 22.6. The fourth-order valence-corrected chi connectivity index (χ4v) is 3.95. The number of amides is 1. The van der Waals surface area contributed by atoms with Gasteiger partial charge in [-0.2, -0.15) is 0 Å². The molecule has 2 aromatic carbocycles. The zero-order valence-electron chi connectivity index (χ0n) is 17.5. The molecule has 0 aromatic heterocycles. The SMILES string of the molecule is COc1cc(C)c(C(C)NC(=O)CSCc2ccc([N+](=O)[O-])cc2)cc1C(C)C. The number of nitro groups is 1. The van der Waals surface area contributed by atoms with E-state index in [4.69, 9.17) is 4.74 Å². The van der Waals surface area contributed by atoms with Gasteiger partial charge >= 0.3 is 0 Å². The number of ether oxygens (including phenoxy) is 1. The molecule has 1 N–H and O–H groups in total. The lowest BCUT2D eigenvalue weighted by atomic mass is 9.93. The van der Waals surface area contributed by atoms with E-state index in [1.807, 2.05) is 19.9 Å². The largest absolute Gasteiger partial charge is 0.496 e. The highest BCUT2D eigenvalue weighted by Gasteiger charge is 2.17. The fraction of sp³-hybridized carbons (Fsp3) is 0.409. The molecule has 156 valence electrons. The lowest BCUT2D eigenvalue weighted by Crippen LogP contribution is -2.28. The number of hydrogen-bond donors (Lipinski definition) is 1. The minimum absolute atomic E-state index is 0.0364. The zero-order chi connectivity index (χ0) is 21.6. The Hall–Kier alpha value is -2.54. The van der Waals surface area contributed by atoms with Crippen molar-refractivity contribution in [3.63, 3.8) is 0 Å². The monoisotopic (exact) mass is 416 g/mol. The summed E-state index contributed by atoms with van der Waals surface area (Å²) in [5.41, 5.74) is 4.32. The van der Waals surface area contributed by atoms with Crippen LogP contribution in [0.5, 0.6) is 5.75 Å². The first-order valence-electron chi connectivity index (χ1n) is 9.51. The zero-order valence-corrected chi connectivity index (χ0v) is 18.3. The summed E-state index contributed by atoms with van der Waals surface area (Å²) < 4.78 is 5.49. The number of carbonyl (C=O) groups is 1. The molecule has 7 heteroatoms. The van der Waals surface area contributed by atoms with E-state index in [1.54, 1.807) is 19.2 Å². The maximum absolute atomic E-state index is 12.4. The van der Waals surface area contributed by atoms with E-state index in [9.17, 15) is 14.9 Å². The van der Waals surface area contributed by atoms with Crippen LogP contribution in [0.15, 0.2) is 36.4 Å². The highest BCUT2D eigenvalue weighted by Crippen LogP contribution is 2.32. The molecule has 0 saturated heterocycles. The molecule has 6 nitrogen and oxygen atoms in total. The second kappa shape index (κ2) is 10.3. The van der Waals surface area contributed by atoms with Crippen molar-refractivity contribution in [1.29, 1.82) is 0 Å². The van der Waals surface area contributed by atoms with Gasteiger partial charge in [-0.25, -0.2) is 0 Å². The number of nitro benzene ring substituents is 1. The minimum Gasteiger partial charge on any atom is -0.496 e. The second-order valence-electron chi connectivity index (χ2n) is 7.31. The van der Waals surface area contributed by atoms with Gasteiger partial charge < -0.3 is 10.1 Å². The summed E-state index contributed by atoms with van der Waals surface area (Å²) >= 11 is 1.48. The first-order chi connectivity index (χ1) is 13.7. The van der Waals surface area contributed by atoms with E-state index in [0.29, 0.717) is 17.4 Å². The van der Waals surface area contributed by atoms with Gasteiger partial charge in [0.15, 0.2) is 0 Å². The van der Waals surface area contributed by atoms with Gasteiger partial charge in [-0.15, -0.1) is 11.8 Å². The fourth-order valence-electron chi connectivity index (χ4n) is 3.15. The highest BCUT2D eigenvalue weighted by molar-refractivity contribution is 7.99. The number of carbonyl (C=O) groups excluding carboxylic acids is 1. The van der Waals surface area contributed by atoms with Crippen molar-refractivity contribution in [3.05, 3.63) is 68.8 Å². The Balaban J connectivity index is 1.93. The van der Waals surface area contributed by atoms with Crippen LogP contribution in [-0.4, -0.2) is 23.7 Å². The van der Waals surface area contributed by atoms with Gasteiger partial charge in [-0.3, -0.25) is 14.9 Å². The number of benzene rings is 2. The molecule has 2 aromatic rings. The molecule has 2 rings (SSSR count). The van der Waals surface area contributed by atoms with Crippen LogP contribution >= 0.6 is 11.8 Å². The van der Waals surface area contributed by atoms with Crippen LogP contribution in [0.3, 0.4) is 0 Å². The van der Waals surface area contributed by atoms with Crippen molar-refractivity contribution >= 4 is 23.4 Å². The molecule has 1 atom stereocenters. The lowest BCUT2D eigenvalue weighted by molar-refractivity contribution is -0.384. The molecular formula is C22H28N2O4S. The molecule has 0 aliphatic carbocycles. The van der Waals surface area contributed by atoms with Crippen LogP contribution in [0.4, 0.5) is 5.69 Å². The molecule has 1 unspecified atom stereocenters. The Morgan fingerprint density at radius 1 is 1.17 bits per heavy atom. The second-order valence-corrected chi connectivity index (χ2v) is 8.30. The summed E-state index contributed by atoms with van der Waals surface area (Å²) in [5, 5.41) is 13.8. The smallest absolute Gasteiger partial charge is 0.269 e. The van der Waals surface area contributed by atoms with Gasteiger partial charge in [0.05, 0.1) is 23.8 Å². The summed E-state index contributed by atoms with van der Waals surface area (Å²) in [6.07, 6.45) is 0.